The summed E-state index contributed by atoms with van der Waals surface area (Å²) in [7, 11) is 0. The third-order valence-corrected chi connectivity index (χ3v) is 5.34. The van der Waals surface area contributed by atoms with Gasteiger partial charge >= 0.3 is 0 Å². The van der Waals surface area contributed by atoms with Gasteiger partial charge in [0.05, 0.1) is 25.9 Å². The standard InChI is InChI=1S/C22H26BrFN2O3/c23-18-3-1-4-20(15-18)29-12-2-5-22(27)25-16-21(26-10-13-28-14-11-26)17-6-8-19(24)9-7-17/h1,3-4,6-9,15,21H,2,5,10-14,16H2,(H,25,27). The van der Waals surface area contributed by atoms with E-state index in [1.807, 2.05) is 24.3 Å². The van der Waals surface area contributed by atoms with Gasteiger partial charge in [0, 0.05) is 30.5 Å². The average Bonchev–Trinajstić information content (AvgIpc) is 2.73. The monoisotopic (exact) mass is 464 g/mol. The first-order valence-electron chi connectivity index (χ1n) is 9.84. The van der Waals surface area contributed by atoms with Crippen molar-refractivity contribution in [3.8, 4) is 5.75 Å². The van der Waals surface area contributed by atoms with Gasteiger partial charge in [0.1, 0.15) is 11.6 Å². The van der Waals surface area contributed by atoms with E-state index >= 15 is 0 Å². The molecule has 0 aromatic heterocycles. The summed E-state index contributed by atoms with van der Waals surface area (Å²) in [6.07, 6.45) is 1.03. The minimum Gasteiger partial charge on any atom is -0.494 e. The summed E-state index contributed by atoms with van der Waals surface area (Å²) in [5, 5.41) is 3.02. The quantitative estimate of drug-likeness (QED) is 0.571. The minimum absolute atomic E-state index is 0.00127. The lowest BCUT2D eigenvalue weighted by Gasteiger charge is -2.35. The molecule has 0 radical (unpaired) electrons. The summed E-state index contributed by atoms with van der Waals surface area (Å²) >= 11 is 3.41. The van der Waals surface area contributed by atoms with Gasteiger partial charge in [-0.1, -0.05) is 34.1 Å². The summed E-state index contributed by atoms with van der Waals surface area (Å²) in [6, 6.07) is 14.1. The lowest BCUT2D eigenvalue weighted by atomic mass is 10.0. The number of nitrogens with zero attached hydrogens (tertiary/aromatic N) is 1. The summed E-state index contributed by atoms with van der Waals surface area (Å²) in [6.45, 7) is 3.87. The van der Waals surface area contributed by atoms with Crippen molar-refractivity contribution in [2.45, 2.75) is 18.9 Å². The Morgan fingerprint density at radius 1 is 1.21 bits per heavy atom. The molecule has 0 saturated carbocycles. The fraction of sp³-hybridized carbons (Fsp3) is 0.409. The molecular formula is C22H26BrFN2O3. The van der Waals surface area contributed by atoms with Gasteiger partial charge in [0.15, 0.2) is 0 Å². The van der Waals surface area contributed by atoms with Crippen LogP contribution in [-0.2, 0) is 9.53 Å². The van der Waals surface area contributed by atoms with Gasteiger partial charge < -0.3 is 14.8 Å². The van der Waals surface area contributed by atoms with Crippen molar-refractivity contribution in [1.82, 2.24) is 10.2 Å². The van der Waals surface area contributed by atoms with Crippen LogP contribution in [0.1, 0.15) is 24.4 Å². The Labute approximate surface area is 179 Å². The molecule has 29 heavy (non-hydrogen) atoms. The molecule has 1 atom stereocenters. The van der Waals surface area contributed by atoms with Crippen LogP contribution in [0.5, 0.6) is 5.75 Å². The summed E-state index contributed by atoms with van der Waals surface area (Å²) in [5.41, 5.74) is 0.992. The second-order valence-corrected chi connectivity index (χ2v) is 7.84. The predicted molar refractivity (Wildman–Crippen MR) is 113 cm³/mol. The molecule has 156 valence electrons. The van der Waals surface area contributed by atoms with E-state index in [9.17, 15) is 9.18 Å². The molecule has 1 saturated heterocycles. The first-order chi connectivity index (χ1) is 14.1. The van der Waals surface area contributed by atoms with Crippen molar-refractivity contribution in [3.63, 3.8) is 0 Å². The minimum atomic E-state index is -0.260. The highest BCUT2D eigenvalue weighted by Gasteiger charge is 2.23. The molecule has 1 aliphatic rings. The van der Waals surface area contributed by atoms with Gasteiger partial charge in [-0.3, -0.25) is 9.69 Å². The molecule has 2 aromatic carbocycles. The number of ether oxygens (including phenoxy) is 2. The Morgan fingerprint density at radius 2 is 1.97 bits per heavy atom. The number of hydrogen-bond acceptors (Lipinski definition) is 4. The lowest BCUT2D eigenvalue weighted by Crippen LogP contribution is -2.43. The number of morpholine rings is 1. The van der Waals surface area contributed by atoms with E-state index in [1.165, 1.54) is 12.1 Å². The smallest absolute Gasteiger partial charge is 0.220 e. The number of benzene rings is 2. The van der Waals surface area contributed by atoms with Crippen LogP contribution in [0.25, 0.3) is 0 Å². The predicted octanol–water partition coefficient (Wildman–Crippen LogP) is 3.94. The zero-order valence-corrected chi connectivity index (χ0v) is 17.9. The SMILES string of the molecule is O=C(CCCOc1cccc(Br)c1)NCC(c1ccc(F)cc1)N1CCOCC1. The van der Waals surface area contributed by atoms with Gasteiger partial charge in [-0.2, -0.15) is 0 Å². The molecule has 0 aliphatic carbocycles. The third kappa shape index (κ3) is 7.10. The molecule has 2 aromatic rings. The fourth-order valence-corrected chi connectivity index (χ4v) is 3.69. The van der Waals surface area contributed by atoms with E-state index in [1.54, 1.807) is 12.1 Å². The molecule has 1 N–H and O–H groups in total. The number of rotatable bonds is 9. The Bertz CT molecular complexity index is 782. The molecule has 1 amide bonds. The van der Waals surface area contributed by atoms with Crippen molar-refractivity contribution in [1.29, 1.82) is 0 Å². The Hall–Kier alpha value is -1.96. The summed E-state index contributed by atoms with van der Waals surface area (Å²) in [4.78, 5) is 14.6. The van der Waals surface area contributed by atoms with Crippen LogP contribution in [-0.4, -0.2) is 50.3 Å². The molecule has 1 unspecified atom stereocenters. The van der Waals surface area contributed by atoms with Gasteiger partial charge in [0.25, 0.3) is 0 Å². The molecular weight excluding hydrogens is 439 g/mol. The second-order valence-electron chi connectivity index (χ2n) is 6.93. The van der Waals surface area contributed by atoms with Crippen LogP contribution in [0.4, 0.5) is 4.39 Å². The normalized spacial score (nSPS) is 15.7. The van der Waals surface area contributed by atoms with E-state index in [2.05, 4.69) is 26.1 Å². The zero-order chi connectivity index (χ0) is 20.5. The number of halogens is 2. The molecule has 7 heteroatoms. The third-order valence-electron chi connectivity index (χ3n) is 4.85. The van der Waals surface area contributed by atoms with Crippen molar-refractivity contribution in [2.24, 2.45) is 0 Å². The van der Waals surface area contributed by atoms with Crippen molar-refractivity contribution >= 4 is 21.8 Å². The molecule has 0 spiro atoms. The van der Waals surface area contributed by atoms with Crippen molar-refractivity contribution in [2.75, 3.05) is 39.5 Å². The highest BCUT2D eigenvalue weighted by molar-refractivity contribution is 9.10. The highest BCUT2D eigenvalue weighted by Crippen LogP contribution is 2.22. The van der Waals surface area contributed by atoms with Gasteiger partial charge in [0.2, 0.25) is 5.91 Å². The molecule has 3 rings (SSSR count). The Kier molecular flexibility index (Phi) is 8.46. The van der Waals surface area contributed by atoms with E-state index in [0.29, 0.717) is 39.2 Å². The van der Waals surface area contributed by atoms with Crippen LogP contribution < -0.4 is 10.1 Å². The first-order valence-corrected chi connectivity index (χ1v) is 10.6. The maximum Gasteiger partial charge on any atom is 0.220 e. The van der Waals surface area contributed by atoms with Crippen LogP contribution in [0.3, 0.4) is 0 Å². The Morgan fingerprint density at radius 3 is 2.69 bits per heavy atom. The van der Waals surface area contributed by atoms with Gasteiger partial charge in [-0.15, -0.1) is 0 Å². The van der Waals surface area contributed by atoms with Gasteiger partial charge in [-0.05, 0) is 42.3 Å². The molecule has 1 fully saturated rings. The van der Waals surface area contributed by atoms with Crippen molar-refractivity contribution in [3.05, 3.63) is 64.4 Å². The van der Waals surface area contributed by atoms with E-state index in [-0.39, 0.29) is 17.8 Å². The molecule has 0 bridgehead atoms. The summed E-state index contributed by atoms with van der Waals surface area (Å²) in [5.74, 6) is 0.510. The summed E-state index contributed by atoms with van der Waals surface area (Å²) < 4.78 is 25.4. The van der Waals surface area contributed by atoms with Crippen LogP contribution in [0.15, 0.2) is 53.0 Å². The number of carbonyl (C=O) groups is 1. The van der Waals surface area contributed by atoms with E-state index < -0.39 is 0 Å². The lowest BCUT2D eigenvalue weighted by molar-refractivity contribution is -0.121. The molecule has 5 nitrogen and oxygen atoms in total. The number of carbonyl (C=O) groups excluding carboxylic acids is 1. The van der Waals surface area contributed by atoms with Crippen LogP contribution in [0, 0.1) is 5.82 Å². The number of amides is 1. The van der Waals surface area contributed by atoms with Gasteiger partial charge in [-0.25, -0.2) is 4.39 Å². The second kappa shape index (κ2) is 11.3. The maximum absolute atomic E-state index is 13.3. The topological polar surface area (TPSA) is 50.8 Å². The zero-order valence-electron chi connectivity index (χ0n) is 16.3. The number of nitrogens with one attached hydrogen (secondary N) is 1. The highest BCUT2D eigenvalue weighted by atomic mass is 79.9. The molecule has 1 aliphatic heterocycles. The first kappa shape index (κ1) is 21.7. The van der Waals surface area contributed by atoms with E-state index in [4.69, 9.17) is 9.47 Å². The number of hydrogen-bond donors (Lipinski definition) is 1. The van der Waals surface area contributed by atoms with Crippen molar-refractivity contribution < 1.29 is 18.7 Å². The molecule has 1 heterocycles. The fourth-order valence-electron chi connectivity index (χ4n) is 3.31. The van der Waals surface area contributed by atoms with E-state index in [0.717, 1.165) is 28.9 Å². The van der Waals surface area contributed by atoms with Crippen LogP contribution in [0.2, 0.25) is 0 Å². The average molecular weight is 465 g/mol. The largest absolute Gasteiger partial charge is 0.494 e. The van der Waals surface area contributed by atoms with Crippen LogP contribution >= 0.6 is 15.9 Å². The maximum atomic E-state index is 13.3. The Balaban J connectivity index is 1.46.